The van der Waals surface area contributed by atoms with Gasteiger partial charge in [-0.3, -0.25) is 4.98 Å². The molecule has 0 spiro atoms. The number of pyridine rings is 1. The summed E-state index contributed by atoms with van der Waals surface area (Å²) in [7, 11) is 2.20. The van der Waals surface area contributed by atoms with E-state index in [4.69, 9.17) is 0 Å². The Morgan fingerprint density at radius 2 is 2.11 bits per heavy atom. The topological polar surface area (TPSA) is 28.2 Å². The van der Waals surface area contributed by atoms with E-state index in [1.807, 2.05) is 18.5 Å². The maximum atomic E-state index is 4.15. The van der Waals surface area contributed by atoms with Crippen molar-refractivity contribution in [2.45, 2.75) is 51.1 Å². The van der Waals surface area contributed by atoms with E-state index in [9.17, 15) is 0 Å². The van der Waals surface area contributed by atoms with Crippen molar-refractivity contribution in [3.8, 4) is 0 Å². The molecule has 0 amide bonds. The average Bonchev–Trinajstić information content (AvgIpc) is 3.23. The van der Waals surface area contributed by atoms with Gasteiger partial charge in [-0.25, -0.2) is 0 Å². The molecule has 0 aromatic carbocycles. The molecule has 0 radical (unpaired) electrons. The first-order valence-electron chi connectivity index (χ1n) is 7.65. The minimum absolute atomic E-state index is 0.866. The summed E-state index contributed by atoms with van der Waals surface area (Å²) in [5.74, 6) is 0. The van der Waals surface area contributed by atoms with E-state index < -0.39 is 0 Å². The highest BCUT2D eigenvalue weighted by molar-refractivity contribution is 5.07. The van der Waals surface area contributed by atoms with Crippen molar-refractivity contribution in [3.05, 3.63) is 30.1 Å². The number of hydrogen-bond donors (Lipinski definition) is 1. The number of nitrogens with zero attached hydrogens (tertiary/aromatic N) is 2. The van der Waals surface area contributed by atoms with E-state index >= 15 is 0 Å². The van der Waals surface area contributed by atoms with Crippen LogP contribution in [0.4, 0.5) is 0 Å². The van der Waals surface area contributed by atoms with Crippen molar-refractivity contribution < 1.29 is 0 Å². The van der Waals surface area contributed by atoms with Crippen LogP contribution in [0.15, 0.2) is 24.5 Å². The Morgan fingerprint density at radius 1 is 1.26 bits per heavy atom. The molecule has 19 heavy (non-hydrogen) atoms. The zero-order valence-electron chi connectivity index (χ0n) is 12.1. The summed E-state index contributed by atoms with van der Waals surface area (Å²) >= 11 is 0. The van der Waals surface area contributed by atoms with Gasteiger partial charge in [0.25, 0.3) is 0 Å². The van der Waals surface area contributed by atoms with E-state index in [1.165, 1.54) is 57.2 Å². The fourth-order valence-corrected chi connectivity index (χ4v) is 2.34. The summed E-state index contributed by atoms with van der Waals surface area (Å²) in [5, 5.41) is 3.57. The minimum Gasteiger partial charge on any atom is -0.314 e. The first kappa shape index (κ1) is 14.5. The molecule has 0 aliphatic heterocycles. The summed E-state index contributed by atoms with van der Waals surface area (Å²) in [5.41, 5.74) is 1.30. The number of hydrogen-bond acceptors (Lipinski definition) is 3. The maximum Gasteiger partial charge on any atom is 0.0312 e. The highest BCUT2D eigenvalue weighted by atomic mass is 15.1. The molecule has 1 N–H and O–H groups in total. The van der Waals surface area contributed by atoms with Crippen LogP contribution in [-0.4, -0.2) is 36.1 Å². The van der Waals surface area contributed by atoms with Gasteiger partial charge in [0, 0.05) is 25.0 Å². The predicted octanol–water partition coefficient (Wildman–Crippen LogP) is 2.83. The molecule has 2 rings (SSSR count). The fourth-order valence-electron chi connectivity index (χ4n) is 2.34. The molecule has 1 aliphatic rings. The quantitative estimate of drug-likeness (QED) is 0.656. The maximum absolute atomic E-state index is 4.15. The average molecular weight is 261 g/mol. The van der Waals surface area contributed by atoms with E-state index in [2.05, 4.69) is 28.3 Å². The van der Waals surface area contributed by atoms with Crippen LogP contribution in [-0.2, 0) is 6.54 Å². The molecular formula is C16H27N3. The number of nitrogens with one attached hydrogen (secondary N) is 1. The van der Waals surface area contributed by atoms with Crippen LogP contribution in [0.25, 0.3) is 0 Å². The van der Waals surface area contributed by atoms with Gasteiger partial charge in [-0.2, -0.15) is 0 Å². The van der Waals surface area contributed by atoms with Crippen LogP contribution < -0.4 is 5.32 Å². The second-order valence-corrected chi connectivity index (χ2v) is 5.74. The van der Waals surface area contributed by atoms with Crippen molar-refractivity contribution >= 4 is 0 Å². The van der Waals surface area contributed by atoms with Crippen LogP contribution in [0.5, 0.6) is 0 Å². The third-order valence-electron chi connectivity index (χ3n) is 3.65. The van der Waals surface area contributed by atoms with E-state index in [0.29, 0.717) is 0 Å². The number of rotatable bonds is 10. The Balaban J connectivity index is 1.43. The molecule has 1 aliphatic carbocycles. The monoisotopic (exact) mass is 261 g/mol. The van der Waals surface area contributed by atoms with Crippen LogP contribution in [0.1, 0.15) is 44.1 Å². The molecule has 3 nitrogen and oxygen atoms in total. The van der Waals surface area contributed by atoms with Gasteiger partial charge in [-0.15, -0.1) is 0 Å². The molecule has 106 valence electrons. The highest BCUT2D eigenvalue weighted by Gasteiger charge is 2.19. The summed E-state index contributed by atoms with van der Waals surface area (Å²) in [6.45, 7) is 3.41. The van der Waals surface area contributed by atoms with Gasteiger partial charge in [0.2, 0.25) is 0 Å². The van der Waals surface area contributed by atoms with E-state index in [-0.39, 0.29) is 0 Å². The van der Waals surface area contributed by atoms with Gasteiger partial charge in [-0.05, 0) is 57.5 Å². The fraction of sp³-hybridized carbons (Fsp3) is 0.688. The van der Waals surface area contributed by atoms with Gasteiger partial charge in [0.1, 0.15) is 0 Å². The largest absolute Gasteiger partial charge is 0.314 e. The Kier molecular flexibility index (Phi) is 6.31. The Labute approximate surface area is 117 Å². The first-order chi connectivity index (χ1) is 9.34. The molecule has 0 bridgehead atoms. The van der Waals surface area contributed by atoms with Gasteiger partial charge in [0.05, 0.1) is 0 Å². The third kappa shape index (κ3) is 6.69. The summed E-state index contributed by atoms with van der Waals surface area (Å²) < 4.78 is 0. The van der Waals surface area contributed by atoms with Crippen molar-refractivity contribution in [3.63, 3.8) is 0 Å². The molecule has 1 aromatic rings. The van der Waals surface area contributed by atoms with Gasteiger partial charge in [-0.1, -0.05) is 18.9 Å². The van der Waals surface area contributed by atoms with Crippen LogP contribution in [0, 0.1) is 0 Å². The second kappa shape index (κ2) is 8.28. The lowest BCUT2D eigenvalue weighted by Crippen LogP contribution is -2.19. The molecule has 3 heteroatoms. The summed E-state index contributed by atoms with van der Waals surface area (Å²) in [6.07, 6.45) is 11.9. The van der Waals surface area contributed by atoms with Crippen LogP contribution in [0.3, 0.4) is 0 Å². The SMILES string of the molecule is CN(CCCCCCNC1CC1)Cc1cccnc1. The molecule has 1 aromatic heterocycles. The molecule has 1 fully saturated rings. The van der Waals surface area contributed by atoms with Crippen LogP contribution in [0.2, 0.25) is 0 Å². The van der Waals surface area contributed by atoms with E-state index in [1.54, 1.807) is 0 Å². The zero-order valence-corrected chi connectivity index (χ0v) is 12.1. The summed E-state index contributed by atoms with van der Waals surface area (Å²) in [4.78, 5) is 6.54. The molecule has 0 atom stereocenters. The van der Waals surface area contributed by atoms with E-state index in [0.717, 1.165) is 12.6 Å². The van der Waals surface area contributed by atoms with Crippen LogP contribution >= 0.6 is 0 Å². The first-order valence-corrected chi connectivity index (χ1v) is 7.65. The zero-order chi connectivity index (χ0) is 13.3. The molecule has 0 unspecified atom stereocenters. The standard InChI is InChI=1S/C16H27N3/c1-19(14-15-7-6-10-17-13-15)12-5-3-2-4-11-18-16-8-9-16/h6-7,10,13,16,18H,2-5,8-9,11-12,14H2,1H3. The lowest BCUT2D eigenvalue weighted by molar-refractivity contribution is 0.316. The molecule has 1 heterocycles. The Bertz CT molecular complexity index is 335. The number of aromatic nitrogens is 1. The van der Waals surface area contributed by atoms with Gasteiger partial charge < -0.3 is 10.2 Å². The lowest BCUT2D eigenvalue weighted by Gasteiger charge is -2.16. The molecular weight excluding hydrogens is 234 g/mol. The minimum atomic E-state index is 0.866. The van der Waals surface area contributed by atoms with Crippen molar-refractivity contribution in [2.24, 2.45) is 0 Å². The van der Waals surface area contributed by atoms with Crippen molar-refractivity contribution in [1.82, 2.24) is 15.2 Å². The van der Waals surface area contributed by atoms with Gasteiger partial charge in [0.15, 0.2) is 0 Å². The number of unbranched alkanes of at least 4 members (excludes halogenated alkanes) is 3. The predicted molar refractivity (Wildman–Crippen MR) is 80.1 cm³/mol. The second-order valence-electron chi connectivity index (χ2n) is 5.74. The Morgan fingerprint density at radius 3 is 2.84 bits per heavy atom. The molecule has 0 saturated heterocycles. The van der Waals surface area contributed by atoms with Gasteiger partial charge >= 0.3 is 0 Å². The normalized spacial score (nSPS) is 15.1. The summed E-state index contributed by atoms with van der Waals surface area (Å²) in [6, 6.07) is 5.02. The van der Waals surface area contributed by atoms with Crippen molar-refractivity contribution in [1.29, 1.82) is 0 Å². The van der Waals surface area contributed by atoms with Crippen molar-refractivity contribution in [2.75, 3.05) is 20.1 Å². The Hall–Kier alpha value is -0.930. The lowest BCUT2D eigenvalue weighted by atomic mass is 10.2. The smallest absolute Gasteiger partial charge is 0.0312 e. The highest BCUT2D eigenvalue weighted by Crippen LogP contribution is 2.18. The molecule has 1 saturated carbocycles. The third-order valence-corrected chi connectivity index (χ3v) is 3.65.